The highest BCUT2D eigenvalue weighted by molar-refractivity contribution is 5.47. The molecule has 1 aromatic carbocycles. The second kappa shape index (κ2) is 15.2. The summed E-state index contributed by atoms with van der Waals surface area (Å²) < 4.78 is 5.48. The van der Waals surface area contributed by atoms with E-state index < -0.39 is 0 Å². The molecule has 0 bridgehead atoms. The molecule has 0 aliphatic heterocycles. The highest BCUT2D eigenvalue weighted by Crippen LogP contribution is 2.46. The number of hydrogen-bond acceptors (Lipinski definition) is 2. The fraction of sp³-hybridized carbons (Fsp3) is 0.556. The molecule has 210 valence electrons. The monoisotopic (exact) mass is 518 g/mol. The van der Waals surface area contributed by atoms with E-state index in [2.05, 4.69) is 104 Å². The Morgan fingerprint density at radius 1 is 1.11 bits per heavy atom. The minimum absolute atomic E-state index is 0.167. The zero-order valence-electron chi connectivity index (χ0n) is 26.2. The van der Waals surface area contributed by atoms with E-state index in [4.69, 9.17) is 9.84 Å². The fourth-order valence-electron chi connectivity index (χ4n) is 4.59. The Morgan fingerprint density at radius 3 is 2.16 bits per heavy atom. The summed E-state index contributed by atoms with van der Waals surface area (Å²) in [6.07, 6.45) is 14.5. The van der Waals surface area contributed by atoms with E-state index in [9.17, 15) is 0 Å². The average molecular weight is 519 g/mol. The molecule has 2 aliphatic carbocycles. The van der Waals surface area contributed by atoms with Crippen LogP contribution in [0.2, 0.25) is 0 Å². The van der Waals surface area contributed by atoms with Crippen LogP contribution in [0.4, 0.5) is 0 Å². The lowest BCUT2D eigenvalue weighted by Gasteiger charge is -2.42. The molecular formula is C36H54O2. The van der Waals surface area contributed by atoms with E-state index in [1.807, 2.05) is 6.08 Å². The summed E-state index contributed by atoms with van der Waals surface area (Å²) in [6.45, 7) is 25.4. The maximum absolute atomic E-state index is 8.06. The van der Waals surface area contributed by atoms with E-state index in [0.717, 1.165) is 18.6 Å². The molecule has 0 radical (unpaired) electrons. The lowest BCUT2D eigenvalue weighted by molar-refractivity contribution is 0.216. The Balaban J connectivity index is 0.000000378. The summed E-state index contributed by atoms with van der Waals surface area (Å²) in [5.41, 5.74) is 7.64. The third-order valence-corrected chi connectivity index (χ3v) is 7.55. The smallest absolute Gasteiger partial charge is 0.0999 e. The number of aliphatic hydroxyl groups excluding tert-OH is 1. The molecule has 1 aromatic rings. The van der Waals surface area contributed by atoms with Crippen molar-refractivity contribution in [1.82, 2.24) is 0 Å². The van der Waals surface area contributed by atoms with E-state index >= 15 is 0 Å². The number of fused-ring (bicyclic) bond motifs is 1. The van der Waals surface area contributed by atoms with Gasteiger partial charge in [-0.3, -0.25) is 0 Å². The molecule has 2 nitrogen and oxygen atoms in total. The van der Waals surface area contributed by atoms with Crippen LogP contribution in [-0.4, -0.2) is 18.3 Å². The molecule has 1 N–H and O–H groups in total. The molecule has 0 saturated carbocycles. The predicted molar refractivity (Wildman–Crippen MR) is 166 cm³/mol. The van der Waals surface area contributed by atoms with Crippen molar-refractivity contribution >= 4 is 0 Å². The first kappa shape index (κ1) is 33.5. The number of allylic oxidation sites excluding steroid dienone is 7. The quantitative estimate of drug-likeness (QED) is 0.239. The molecule has 2 atom stereocenters. The van der Waals surface area contributed by atoms with E-state index in [1.54, 1.807) is 27.0 Å². The van der Waals surface area contributed by atoms with Crippen molar-refractivity contribution in [2.24, 2.45) is 11.8 Å². The highest BCUT2D eigenvalue weighted by atomic mass is 16.5. The number of benzene rings is 1. The van der Waals surface area contributed by atoms with Crippen LogP contribution in [0.25, 0.3) is 0 Å². The molecule has 0 fully saturated rings. The maximum atomic E-state index is 8.06. The molecule has 0 spiro atoms. The molecule has 0 saturated heterocycles. The van der Waals surface area contributed by atoms with Gasteiger partial charge in [-0.2, -0.15) is 0 Å². The molecular weight excluding hydrogens is 464 g/mol. The Morgan fingerprint density at radius 2 is 1.66 bits per heavy atom. The first-order valence-electron chi connectivity index (χ1n) is 14.2. The Bertz CT molecular complexity index is 1060. The van der Waals surface area contributed by atoms with Gasteiger partial charge < -0.3 is 9.84 Å². The topological polar surface area (TPSA) is 29.5 Å². The zero-order valence-corrected chi connectivity index (χ0v) is 26.2. The standard InChI is InChI=1S/C21H30O.C12H16.C3H8O/c1-8-9-17(22-7)13-16-14-19-18(12-15(16)2)20(3,4)10-11-21(19,5)6;1-4-12-7-5-6-10(2)11(3)8-9-12;1-3(2)4/h8-9,12,14H,1,10-11,13H2,2-7H3;5-7,11-12H,4H2,1-3H3;3-4H,1-2H3/b17-9-;7-5-,10-6-;. The van der Waals surface area contributed by atoms with Gasteiger partial charge in [0.15, 0.2) is 0 Å². The number of ether oxygens (including phenoxy) is 1. The van der Waals surface area contributed by atoms with Crippen LogP contribution < -0.4 is 0 Å². The molecule has 2 aliphatic rings. The Hall–Kier alpha value is -2.50. The van der Waals surface area contributed by atoms with Crippen LogP contribution in [0, 0.1) is 30.6 Å². The number of hydrogen-bond donors (Lipinski definition) is 1. The van der Waals surface area contributed by atoms with Crippen molar-refractivity contribution in [3.8, 4) is 11.8 Å². The SMILES string of the molecule is C=C/C=C(/Cc1cc2c(cc1C)C(C)(C)CCC2(C)C)OC.CC(C)O.CCC1C#CC(C)/C(C)=C\C=C/1. The van der Waals surface area contributed by atoms with Gasteiger partial charge in [-0.05, 0) is 93.0 Å². The van der Waals surface area contributed by atoms with Crippen LogP contribution in [0.15, 0.2) is 60.4 Å². The van der Waals surface area contributed by atoms with Crippen LogP contribution >= 0.6 is 0 Å². The molecule has 0 heterocycles. The summed E-state index contributed by atoms with van der Waals surface area (Å²) in [6, 6.07) is 4.83. The lowest BCUT2D eigenvalue weighted by Crippen LogP contribution is -2.34. The zero-order chi connectivity index (χ0) is 29.1. The Kier molecular flexibility index (Phi) is 13.4. The van der Waals surface area contributed by atoms with Crippen molar-refractivity contribution < 1.29 is 9.84 Å². The van der Waals surface area contributed by atoms with E-state index in [-0.39, 0.29) is 16.9 Å². The third kappa shape index (κ3) is 10.3. The summed E-state index contributed by atoms with van der Waals surface area (Å²) in [5.74, 6) is 8.38. The Labute approximate surface area is 235 Å². The van der Waals surface area contributed by atoms with Crippen molar-refractivity contribution in [2.45, 2.75) is 112 Å². The lowest BCUT2D eigenvalue weighted by atomic mass is 9.62. The first-order chi connectivity index (χ1) is 17.7. The number of aliphatic hydroxyl groups is 1. The van der Waals surface area contributed by atoms with E-state index in [1.165, 1.54) is 40.7 Å². The van der Waals surface area contributed by atoms with Crippen molar-refractivity contribution in [1.29, 1.82) is 0 Å². The summed E-state index contributed by atoms with van der Waals surface area (Å²) in [7, 11) is 1.73. The molecule has 2 heteroatoms. The van der Waals surface area contributed by atoms with Gasteiger partial charge in [0.2, 0.25) is 0 Å². The number of methoxy groups -OCH3 is 1. The van der Waals surface area contributed by atoms with Crippen molar-refractivity contribution in [3.05, 3.63) is 82.7 Å². The number of rotatable bonds is 5. The van der Waals surface area contributed by atoms with Gasteiger partial charge in [0.05, 0.1) is 12.9 Å². The van der Waals surface area contributed by atoms with E-state index in [0.29, 0.717) is 11.8 Å². The predicted octanol–water partition coefficient (Wildman–Crippen LogP) is 9.16. The van der Waals surface area contributed by atoms with Crippen LogP contribution in [0.1, 0.15) is 104 Å². The second-order valence-corrected chi connectivity index (χ2v) is 12.3. The van der Waals surface area contributed by atoms with Crippen molar-refractivity contribution in [3.63, 3.8) is 0 Å². The van der Waals surface area contributed by atoms with Gasteiger partial charge in [0.25, 0.3) is 0 Å². The van der Waals surface area contributed by atoms with Gasteiger partial charge in [0.1, 0.15) is 0 Å². The third-order valence-electron chi connectivity index (χ3n) is 7.55. The highest BCUT2D eigenvalue weighted by Gasteiger charge is 2.37. The normalized spacial score (nSPS) is 23.3. The van der Waals surface area contributed by atoms with Crippen LogP contribution in [0.5, 0.6) is 0 Å². The molecule has 38 heavy (non-hydrogen) atoms. The second-order valence-electron chi connectivity index (χ2n) is 12.3. The summed E-state index contributed by atoms with van der Waals surface area (Å²) in [5, 5.41) is 8.06. The molecule has 0 aromatic heterocycles. The molecule has 2 unspecified atom stereocenters. The van der Waals surface area contributed by atoms with Gasteiger partial charge in [-0.1, -0.05) is 95.0 Å². The maximum Gasteiger partial charge on any atom is 0.0999 e. The number of aryl methyl sites for hydroxylation is 1. The van der Waals surface area contributed by atoms with Crippen molar-refractivity contribution in [2.75, 3.05) is 7.11 Å². The fourth-order valence-corrected chi connectivity index (χ4v) is 4.59. The molecule has 3 rings (SSSR count). The first-order valence-corrected chi connectivity index (χ1v) is 14.2. The largest absolute Gasteiger partial charge is 0.501 e. The van der Waals surface area contributed by atoms with Gasteiger partial charge in [-0.15, -0.1) is 0 Å². The summed E-state index contributed by atoms with van der Waals surface area (Å²) >= 11 is 0. The summed E-state index contributed by atoms with van der Waals surface area (Å²) in [4.78, 5) is 0. The van der Waals surface area contributed by atoms with Gasteiger partial charge in [-0.25, -0.2) is 0 Å². The average Bonchev–Trinajstić information content (AvgIpc) is 2.83. The minimum Gasteiger partial charge on any atom is -0.501 e. The van der Waals surface area contributed by atoms with Crippen LogP contribution in [0.3, 0.4) is 0 Å². The minimum atomic E-state index is -0.167. The van der Waals surface area contributed by atoms with Crippen LogP contribution in [-0.2, 0) is 22.0 Å². The molecule has 0 amide bonds. The van der Waals surface area contributed by atoms with Gasteiger partial charge >= 0.3 is 0 Å². The van der Waals surface area contributed by atoms with Gasteiger partial charge in [0, 0.05) is 24.4 Å².